The molecule has 8 heteroatoms. The van der Waals surface area contributed by atoms with Crippen molar-refractivity contribution in [1.29, 1.82) is 0 Å². The highest BCUT2D eigenvalue weighted by atomic mass is 19.1. The average Bonchev–Trinajstić information content (AvgIpc) is 3.43. The van der Waals surface area contributed by atoms with Crippen LogP contribution >= 0.6 is 0 Å². The second-order valence-electron chi connectivity index (χ2n) is 7.46. The number of carbonyl (C=O) groups excluding carboxylic acids is 2. The molecule has 1 aliphatic rings. The Morgan fingerprint density at radius 3 is 2.65 bits per heavy atom. The van der Waals surface area contributed by atoms with Gasteiger partial charge in [-0.05, 0) is 62.2 Å². The van der Waals surface area contributed by atoms with Crippen LogP contribution in [0, 0.1) is 12.7 Å². The van der Waals surface area contributed by atoms with Gasteiger partial charge in [-0.1, -0.05) is 0 Å². The average molecular weight is 422 g/mol. The zero-order valence-electron chi connectivity index (χ0n) is 17.3. The SMILES string of the molecule is COc1cc(C(=O)N2CCC[C@H]2C(=O)Nc2ccc(F)cc2)ccc1-n1cnc(C)c1. The summed E-state index contributed by atoms with van der Waals surface area (Å²) in [5.41, 5.74) is 2.58. The van der Waals surface area contributed by atoms with Gasteiger partial charge in [0, 0.05) is 24.0 Å². The van der Waals surface area contributed by atoms with Gasteiger partial charge in [0.05, 0.1) is 24.8 Å². The second kappa shape index (κ2) is 8.59. The number of anilines is 1. The van der Waals surface area contributed by atoms with Crippen LogP contribution in [0.4, 0.5) is 10.1 Å². The van der Waals surface area contributed by atoms with E-state index in [1.807, 2.05) is 17.7 Å². The van der Waals surface area contributed by atoms with Crippen LogP contribution in [0.25, 0.3) is 5.69 Å². The highest BCUT2D eigenvalue weighted by molar-refractivity contribution is 6.01. The number of carbonyl (C=O) groups is 2. The Morgan fingerprint density at radius 2 is 1.97 bits per heavy atom. The fourth-order valence-electron chi connectivity index (χ4n) is 3.78. The van der Waals surface area contributed by atoms with E-state index in [9.17, 15) is 14.0 Å². The van der Waals surface area contributed by atoms with E-state index in [0.29, 0.717) is 30.0 Å². The molecular weight excluding hydrogens is 399 g/mol. The number of halogens is 1. The Labute approximate surface area is 179 Å². The van der Waals surface area contributed by atoms with E-state index in [-0.39, 0.29) is 17.6 Å². The lowest BCUT2D eigenvalue weighted by atomic mass is 10.1. The molecule has 4 rings (SSSR count). The van der Waals surface area contributed by atoms with Gasteiger partial charge in [-0.3, -0.25) is 9.59 Å². The van der Waals surface area contributed by atoms with Gasteiger partial charge < -0.3 is 19.5 Å². The second-order valence-corrected chi connectivity index (χ2v) is 7.46. The summed E-state index contributed by atoms with van der Waals surface area (Å²) < 4.78 is 20.4. The van der Waals surface area contributed by atoms with Crippen molar-refractivity contribution in [3.8, 4) is 11.4 Å². The molecule has 7 nitrogen and oxygen atoms in total. The molecule has 2 heterocycles. The van der Waals surface area contributed by atoms with Crippen LogP contribution in [0.1, 0.15) is 28.9 Å². The molecule has 0 bridgehead atoms. The molecule has 0 unspecified atom stereocenters. The van der Waals surface area contributed by atoms with Crippen molar-refractivity contribution in [2.75, 3.05) is 19.0 Å². The number of aryl methyl sites for hydroxylation is 1. The van der Waals surface area contributed by atoms with Crippen LogP contribution in [0.15, 0.2) is 55.0 Å². The minimum Gasteiger partial charge on any atom is -0.495 e. The normalized spacial score (nSPS) is 15.7. The molecule has 1 atom stereocenters. The Morgan fingerprint density at radius 1 is 1.19 bits per heavy atom. The molecule has 1 fully saturated rings. The molecule has 0 saturated carbocycles. The molecule has 31 heavy (non-hydrogen) atoms. The first kappa shape index (κ1) is 20.6. The smallest absolute Gasteiger partial charge is 0.254 e. The first-order valence-electron chi connectivity index (χ1n) is 10.0. The van der Waals surface area contributed by atoms with E-state index >= 15 is 0 Å². The predicted octanol–water partition coefficient (Wildman–Crippen LogP) is 3.57. The Balaban J connectivity index is 1.53. The Bertz CT molecular complexity index is 1110. The summed E-state index contributed by atoms with van der Waals surface area (Å²) in [6.07, 6.45) is 4.86. The number of imidazole rings is 1. The van der Waals surface area contributed by atoms with Gasteiger partial charge in [-0.25, -0.2) is 9.37 Å². The van der Waals surface area contributed by atoms with Gasteiger partial charge in [0.1, 0.15) is 17.6 Å². The number of likely N-dealkylation sites (tertiary alicyclic amines) is 1. The minimum atomic E-state index is -0.584. The summed E-state index contributed by atoms with van der Waals surface area (Å²) in [6, 6.07) is 10.2. The first-order valence-corrected chi connectivity index (χ1v) is 10.0. The molecule has 160 valence electrons. The van der Waals surface area contributed by atoms with Crippen molar-refractivity contribution in [1.82, 2.24) is 14.5 Å². The summed E-state index contributed by atoms with van der Waals surface area (Å²) in [6.45, 7) is 2.39. The standard InChI is InChI=1S/C23H23FN4O3/c1-15-13-27(14-25-15)19-10-5-16(12-21(19)31-2)23(30)28-11-3-4-20(28)22(29)26-18-8-6-17(24)7-9-18/h5-10,12-14,20H,3-4,11H2,1-2H3,(H,26,29)/t20-/m0/s1. The highest BCUT2D eigenvalue weighted by Crippen LogP contribution is 2.27. The zero-order chi connectivity index (χ0) is 22.0. The zero-order valence-corrected chi connectivity index (χ0v) is 17.3. The van der Waals surface area contributed by atoms with Crippen LogP contribution in [0.3, 0.4) is 0 Å². The lowest BCUT2D eigenvalue weighted by Crippen LogP contribution is -2.43. The number of nitrogens with zero attached hydrogens (tertiary/aromatic N) is 3. The topological polar surface area (TPSA) is 76.5 Å². The van der Waals surface area contributed by atoms with E-state index in [1.165, 1.54) is 24.3 Å². The number of ether oxygens (including phenoxy) is 1. The van der Waals surface area contributed by atoms with E-state index in [4.69, 9.17) is 4.74 Å². The van der Waals surface area contributed by atoms with Gasteiger partial charge in [0.2, 0.25) is 5.91 Å². The van der Waals surface area contributed by atoms with Crippen LogP contribution < -0.4 is 10.1 Å². The maximum absolute atomic E-state index is 13.2. The molecular formula is C23H23FN4O3. The number of hydrogen-bond donors (Lipinski definition) is 1. The summed E-state index contributed by atoms with van der Waals surface area (Å²) >= 11 is 0. The summed E-state index contributed by atoms with van der Waals surface area (Å²) in [4.78, 5) is 31.8. The summed E-state index contributed by atoms with van der Waals surface area (Å²) in [5.74, 6) is -0.355. The molecule has 1 aromatic heterocycles. The monoisotopic (exact) mass is 422 g/mol. The molecule has 1 aliphatic heterocycles. The molecule has 1 saturated heterocycles. The number of rotatable bonds is 5. The lowest BCUT2D eigenvalue weighted by Gasteiger charge is -2.24. The maximum atomic E-state index is 13.2. The number of methoxy groups -OCH3 is 1. The van der Waals surface area contributed by atoms with Crippen molar-refractivity contribution in [2.24, 2.45) is 0 Å². The summed E-state index contributed by atoms with van der Waals surface area (Å²) in [5, 5.41) is 2.77. The van der Waals surface area contributed by atoms with Gasteiger partial charge in [-0.2, -0.15) is 0 Å². The molecule has 3 aromatic rings. The third kappa shape index (κ3) is 4.28. The fraction of sp³-hybridized carbons (Fsp3) is 0.261. The van der Waals surface area contributed by atoms with Crippen molar-refractivity contribution in [3.63, 3.8) is 0 Å². The number of amides is 2. The van der Waals surface area contributed by atoms with Crippen LogP contribution in [0.5, 0.6) is 5.75 Å². The van der Waals surface area contributed by atoms with Gasteiger partial charge in [0.25, 0.3) is 5.91 Å². The molecule has 0 spiro atoms. The molecule has 0 radical (unpaired) electrons. The van der Waals surface area contributed by atoms with E-state index < -0.39 is 6.04 Å². The van der Waals surface area contributed by atoms with Crippen LogP contribution in [-0.2, 0) is 4.79 Å². The van der Waals surface area contributed by atoms with Crippen molar-refractivity contribution >= 4 is 17.5 Å². The number of benzene rings is 2. The van der Waals surface area contributed by atoms with Crippen molar-refractivity contribution in [3.05, 3.63) is 72.1 Å². The maximum Gasteiger partial charge on any atom is 0.254 e. The molecule has 0 aliphatic carbocycles. The molecule has 2 amide bonds. The molecule has 1 N–H and O–H groups in total. The minimum absolute atomic E-state index is 0.233. The Hall–Kier alpha value is -3.68. The number of hydrogen-bond acceptors (Lipinski definition) is 4. The van der Waals surface area contributed by atoms with Gasteiger partial charge in [-0.15, -0.1) is 0 Å². The Kier molecular flexibility index (Phi) is 5.70. The van der Waals surface area contributed by atoms with Gasteiger partial charge >= 0.3 is 0 Å². The third-order valence-corrected chi connectivity index (χ3v) is 5.34. The lowest BCUT2D eigenvalue weighted by molar-refractivity contribution is -0.119. The van der Waals surface area contributed by atoms with Crippen LogP contribution in [0.2, 0.25) is 0 Å². The third-order valence-electron chi connectivity index (χ3n) is 5.34. The number of nitrogens with one attached hydrogen (secondary N) is 1. The van der Waals surface area contributed by atoms with Crippen molar-refractivity contribution in [2.45, 2.75) is 25.8 Å². The first-order chi connectivity index (χ1) is 15.0. The van der Waals surface area contributed by atoms with Crippen molar-refractivity contribution < 1.29 is 18.7 Å². The van der Waals surface area contributed by atoms with E-state index in [1.54, 1.807) is 36.5 Å². The van der Waals surface area contributed by atoms with Gasteiger partial charge in [0.15, 0.2) is 0 Å². The van der Waals surface area contributed by atoms with E-state index in [2.05, 4.69) is 10.3 Å². The van der Waals surface area contributed by atoms with Crippen LogP contribution in [-0.4, -0.2) is 46.0 Å². The largest absolute Gasteiger partial charge is 0.495 e. The number of aromatic nitrogens is 2. The fourth-order valence-corrected chi connectivity index (χ4v) is 3.78. The highest BCUT2D eigenvalue weighted by Gasteiger charge is 2.34. The quantitative estimate of drug-likeness (QED) is 0.682. The van der Waals surface area contributed by atoms with E-state index in [0.717, 1.165) is 17.8 Å². The molecule has 2 aromatic carbocycles. The summed E-state index contributed by atoms with van der Waals surface area (Å²) in [7, 11) is 1.55. The predicted molar refractivity (Wildman–Crippen MR) is 114 cm³/mol.